The van der Waals surface area contributed by atoms with Crippen molar-refractivity contribution in [3.8, 4) is 5.75 Å². The molecular formula is C21H22BrN5O2. The standard InChI is InChI=1S/C21H22BrN5O2/c1-14-13-19(26-15-7-9-16(29-2)10-8-15)27-21(25-14)24-12-11-23-20(28)17-5-3-4-6-18(17)22/h3-10,13H,11-12H2,1-2H3,(H,23,28)(H2,24,25,26,27). The lowest BCUT2D eigenvalue weighted by atomic mass is 10.2. The van der Waals surface area contributed by atoms with Crippen LogP contribution in [-0.2, 0) is 0 Å². The number of aryl methyl sites for hydroxylation is 1. The molecule has 0 unspecified atom stereocenters. The topological polar surface area (TPSA) is 88.2 Å². The molecule has 3 aromatic rings. The van der Waals surface area contributed by atoms with Gasteiger partial charge in [-0.05, 0) is 59.3 Å². The number of amides is 1. The average molecular weight is 456 g/mol. The van der Waals surface area contributed by atoms with Crippen LogP contribution < -0.4 is 20.7 Å². The van der Waals surface area contributed by atoms with Gasteiger partial charge in [0, 0.05) is 35.0 Å². The third kappa shape index (κ3) is 5.92. The molecule has 0 aliphatic rings. The molecule has 2 aromatic carbocycles. The Morgan fingerprint density at radius 1 is 1.07 bits per heavy atom. The zero-order valence-electron chi connectivity index (χ0n) is 16.2. The first-order valence-electron chi connectivity index (χ1n) is 9.08. The van der Waals surface area contributed by atoms with E-state index in [0.29, 0.717) is 30.4 Å². The lowest BCUT2D eigenvalue weighted by molar-refractivity contribution is 0.0954. The van der Waals surface area contributed by atoms with E-state index in [4.69, 9.17) is 4.74 Å². The third-order valence-electron chi connectivity index (χ3n) is 4.03. The van der Waals surface area contributed by atoms with Gasteiger partial charge in [-0.3, -0.25) is 4.79 Å². The molecule has 8 heteroatoms. The second kappa shape index (κ2) is 9.88. The number of ether oxygens (including phenoxy) is 1. The van der Waals surface area contributed by atoms with Crippen molar-refractivity contribution in [2.24, 2.45) is 0 Å². The molecule has 0 bridgehead atoms. The van der Waals surface area contributed by atoms with Gasteiger partial charge in [0.2, 0.25) is 5.95 Å². The van der Waals surface area contributed by atoms with Gasteiger partial charge in [-0.1, -0.05) is 12.1 Å². The van der Waals surface area contributed by atoms with Gasteiger partial charge in [-0.2, -0.15) is 4.98 Å². The lowest BCUT2D eigenvalue weighted by Gasteiger charge is -2.11. The highest BCUT2D eigenvalue weighted by atomic mass is 79.9. The molecule has 7 nitrogen and oxygen atoms in total. The number of hydrogen-bond donors (Lipinski definition) is 3. The second-order valence-electron chi connectivity index (χ2n) is 6.23. The van der Waals surface area contributed by atoms with Gasteiger partial charge in [0.05, 0.1) is 12.7 Å². The van der Waals surface area contributed by atoms with Gasteiger partial charge in [-0.25, -0.2) is 4.98 Å². The molecule has 0 radical (unpaired) electrons. The molecule has 0 aliphatic carbocycles. The molecule has 0 aliphatic heterocycles. The van der Waals surface area contributed by atoms with Gasteiger partial charge >= 0.3 is 0 Å². The Kier molecular flexibility index (Phi) is 7.02. The van der Waals surface area contributed by atoms with E-state index in [0.717, 1.165) is 21.6 Å². The number of methoxy groups -OCH3 is 1. The molecule has 150 valence electrons. The molecule has 1 amide bonds. The van der Waals surface area contributed by atoms with Gasteiger partial charge in [0.15, 0.2) is 0 Å². The fraction of sp³-hybridized carbons (Fsp3) is 0.190. The van der Waals surface area contributed by atoms with Crippen LogP contribution in [0, 0.1) is 6.92 Å². The minimum Gasteiger partial charge on any atom is -0.497 e. The number of benzene rings is 2. The molecule has 1 heterocycles. The van der Waals surface area contributed by atoms with Crippen LogP contribution in [0.25, 0.3) is 0 Å². The van der Waals surface area contributed by atoms with Crippen molar-refractivity contribution in [3.05, 3.63) is 70.3 Å². The van der Waals surface area contributed by atoms with E-state index < -0.39 is 0 Å². The molecule has 3 N–H and O–H groups in total. The van der Waals surface area contributed by atoms with Crippen molar-refractivity contribution in [1.82, 2.24) is 15.3 Å². The van der Waals surface area contributed by atoms with Crippen molar-refractivity contribution >= 4 is 39.3 Å². The maximum absolute atomic E-state index is 12.2. The fourth-order valence-corrected chi connectivity index (χ4v) is 3.09. The van der Waals surface area contributed by atoms with Gasteiger partial charge in [-0.15, -0.1) is 0 Å². The first-order valence-corrected chi connectivity index (χ1v) is 9.88. The summed E-state index contributed by atoms with van der Waals surface area (Å²) in [5.41, 5.74) is 2.33. The van der Waals surface area contributed by atoms with Crippen molar-refractivity contribution in [3.63, 3.8) is 0 Å². The van der Waals surface area contributed by atoms with E-state index >= 15 is 0 Å². The summed E-state index contributed by atoms with van der Waals surface area (Å²) in [4.78, 5) is 21.1. The molecule has 3 rings (SSSR count). The lowest BCUT2D eigenvalue weighted by Crippen LogP contribution is -2.29. The maximum Gasteiger partial charge on any atom is 0.252 e. The molecule has 0 atom stereocenters. The predicted octanol–water partition coefficient (Wildman–Crippen LogP) is 4.14. The summed E-state index contributed by atoms with van der Waals surface area (Å²) in [7, 11) is 1.63. The van der Waals surface area contributed by atoms with E-state index in [9.17, 15) is 4.79 Å². The van der Waals surface area contributed by atoms with Gasteiger partial charge < -0.3 is 20.7 Å². The maximum atomic E-state index is 12.2. The van der Waals surface area contributed by atoms with Crippen LogP contribution in [-0.4, -0.2) is 36.1 Å². The summed E-state index contributed by atoms with van der Waals surface area (Å²) in [5.74, 6) is 1.84. The summed E-state index contributed by atoms with van der Waals surface area (Å²) in [6.45, 7) is 2.85. The number of rotatable bonds is 8. The number of nitrogens with one attached hydrogen (secondary N) is 3. The number of carbonyl (C=O) groups excluding carboxylic acids is 1. The van der Waals surface area contributed by atoms with E-state index in [2.05, 4.69) is 41.8 Å². The summed E-state index contributed by atoms with van der Waals surface area (Å²) in [6, 6.07) is 16.8. The number of nitrogens with zero attached hydrogens (tertiary/aromatic N) is 2. The smallest absolute Gasteiger partial charge is 0.252 e. The van der Waals surface area contributed by atoms with Crippen molar-refractivity contribution in [1.29, 1.82) is 0 Å². The van der Waals surface area contributed by atoms with Crippen LogP contribution >= 0.6 is 15.9 Å². The molecule has 0 fully saturated rings. The van der Waals surface area contributed by atoms with Crippen LogP contribution in [0.15, 0.2) is 59.1 Å². The molecule has 29 heavy (non-hydrogen) atoms. The highest BCUT2D eigenvalue weighted by Crippen LogP contribution is 2.20. The molecular weight excluding hydrogens is 434 g/mol. The predicted molar refractivity (Wildman–Crippen MR) is 118 cm³/mol. The Bertz CT molecular complexity index is 979. The van der Waals surface area contributed by atoms with Crippen molar-refractivity contribution < 1.29 is 9.53 Å². The van der Waals surface area contributed by atoms with Gasteiger partial charge in [0.25, 0.3) is 5.91 Å². The van der Waals surface area contributed by atoms with Crippen LogP contribution in [0.5, 0.6) is 5.75 Å². The fourth-order valence-electron chi connectivity index (χ4n) is 2.62. The van der Waals surface area contributed by atoms with E-state index in [1.165, 1.54) is 0 Å². The summed E-state index contributed by atoms with van der Waals surface area (Å²) in [6.07, 6.45) is 0. The first-order chi connectivity index (χ1) is 14.0. The molecule has 0 saturated heterocycles. The largest absolute Gasteiger partial charge is 0.497 e. The Balaban J connectivity index is 1.54. The number of halogens is 1. The first kappa shape index (κ1) is 20.6. The minimum atomic E-state index is -0.133. The Labute approximate surface area is 178 Å². The van der Waals surface area contributed by atoms with Crippen LogP contribution in [0.4, 0.5) is 17.5 Å². The number of hydrogen-bond acceptors (Lipinski definition) is 6. The Morgan fingerprint density at radius 3 is 2.55 bits per heavy atom. The molecule has 0 spiro atoms. The quantitative estimate of drug-likeness (QED) is 0.442. The van der Waals surface area contributed by atoms with Crippen LogP contribution in [0.1, 0.15) is 16.1 Å². The molecule has 0 saturated carbocycles. The number of carbonyl (C=O) groups is 1. The van der Waals surface area contributed by atoms with Crippen molar-refractivity contribution in [2.45, 2.75) is 6.92 Å². The summed E-state index contributed by atoms with van der Waals surface area (Å²) < 4.78 is 5.93. The van der Waals surface area contributed by atoms with Crippen LogP contribution in [0.2, 0.25) is 0 Å². The van der Waals surface area contributed by atoms with Gasteiger partial charge in [0.1, 0.15) is 11.6 Å². The highest BCUT2D eigenvalue weighted by Gasteiger charge is 2.08. The monoisotopic (exact) mass is 455 g/mol. The zero-order chi connectivity index (χ0) is 20.6. The number of anilines is 3. The minimum absolute atomic E-state index is 0.133. The van der Waals surface area contributed by atoms with Crippen molar-refractivity contribution in [2.75, 3.05) is 30.8 Å². The second-order valence-corrected chi connectivity index (χ2v) is 7.09. The molecule has 1 aromatic heterocycles. The van der Waals surface area contributed by atoms with E-state index in [1.54, 1.807) is 13.2 Å². The SMILES string of the molecule is COc1ccc(Nc2cc(C)nc(NCCNC(=O)c3ccccc3Br)n2)cc1. The van der Waals surface area contributed by atoms with Crippen LogP contribution in [0.3, 0.4) is 0 Å². The summed E-state index contributed by atoms with van der Waals surface area (Å²) in [5, 5.41) is 9.27. The number of aromatic nitrogens is 2. The van der Waals surface area contributed by atoms with E-state index in [-0.39, 0.29) is 5.91 Å². The average Bonchev–Trinajstić information content (AvgIpc) is 2.71. The normalized spacial score (nSPS) is 10.3. The summed E-state index contributed by atoms with van der Waals surface area (Å²) >= 11 is 3.38. The third-order valence-corrected chi connectivity index (χ3v) is 4.72. The Hall–Kier alpha value is -3.13. The zero-order valence-corrected chi connectivity index (χ0v) is 17.8. The van der Waals surface area contributed by atoms with E-state index in [1.807, 2.05) is 55.5 Å². The highest BCUT2D eigenvalue weighted by molar-refractivity contribution is 9.10. The Morgan fingerprint density at radius 2 is 1.83 bits per heavy atom.